The second kappa shape index (κ2) is 9.26. The van der Waals surface area contributed by atoms with Gasteiger partial charge in [-0.25, -0.2) is 0 Å². The molecule has 1 aliphatic rings. The van der Waals surface area contributed by atoms with E-state index in [2.05, 4.69) is 52.0 Å². The minimum atomic E-state index is -3.95. The van der Waals surface area contributed by atoms with Crippen LogP contribution < -0.4 is 9.47 Å². The Morgan fingerprint density at radius 1 is 1.07 bits per heavy atom. The normalized spacial score (nSPS) is 15.3. The van der Waals surface area contributed by atoms with E-state index < -0.39 is 10.1 Å². The van der Waals surface area contributed by atoms with E-state index in [9.17, 15) is 8.42 Å². The molecule has 0 aliphatic carbocycles. The smallest absolute Gasteiger partial charge is 0.265 e. The number of thiazole rings is 1. The first kappa shape index (κ1) is 21.0. The fourth-order valence-corrected chi connectivity index (χ4v) is 5.18. The van der Waals surface area contributed by atoms with Crippen molar-refractivity contribution in [2.45, 2.75) is 13.0 Å². The van der Waals surface area contributed by atoms with Gasteiger partial charge in [-0.05, 0) is 29.8 Å². The standard InChI is InChI=1S/C22H24N2O4S2/c25-30(26,27)17-3-12-24-20-4-1-2-5-21(20)29-22(24)11-8-18-6-9-19(10-7-18)23-13-15-28-16-14-23/h1-2,4-11H,3,12-17H2/p+1. The second-order valence-corrected chi connectivity index (χ2v) is 9.86. The van der Waals surface area contributed by atoms with Crippen molar-refractivity contribution in [3.63, 3.8) is 0 Å². The van der Waals surface area contributed by atoms with Crippen LogP contribution >= 0.6 is 11.3 Å². The first-order valence-electron chi connectivity index (χ1n) is 9.97. The number of ether oxygens (including phenoxy) is 1. The minimum absolute atomic E-state index is 0.240. The number of para-hydroxylation sites is 1. The molecule has 8 heteroatoms. The molecule has 30 heavy (non-hydrogen) atoms. The number of benzene rings is 2. The van der Waals surface area contributed by atoms with Gasteiger partial charge in [0.2, 0.25) is 5.52 Å². The van der Waals surface area contributed by atoms with Crippen LogP contribution in [0.1, 0.15) is 17.0 Å². The highest BCUT2D eigenvalue weighted by Gasteiger charge is 2.19. The number of fused-ring (bicyclic) bond motifs is 1. The highest BCUT2D eigenvalue weighted by Crippen LogP contribution is 2.23. The van der Waals surface area contributed by atoms with Crippen molar-refractivity contribution in [3.8, 4) is 0 Å². The Balaban J connectivity index is 1.53. The molecule has 1 aromatic heterocycles. The maximum absolute atomic E-state index is 11.1. The molecule has 1 aliphatic heterocycles. The average Bonchev–Trinajstić information content (AvgIpc) is 3.10. The molecule has 2 aromatic carbocycles. The molecular formula is C22H25N2O4S2+. The predicted octanol–water partition coefficient (Wildman–Crippen LogP) is 3.47. The summed E-state index contributed by atoms with van der Waals surface area (Å²) in [5, 5.41) is 1.05. The van der Waals surface area contributed by atoms with Crippen LogP contribution in [-0.4, -0.2) is 45.0 Å². The van der Waals surface area contributed by atoms with Gasteiger partial charge < -0.3 is 9.64 Å². The molecule has 0 saturated carbocycles. The maximum atomic E-state index is 11.1. The summed E-state index contributed by atoms with van der Waals surface area (Å²) in [7, 11) is -3.95. The number of hydrogen-bond donors (Lipinski definition) is 1. The van der Waals surface area contributed by atoms with Gasteiger partial charge in [0.15, 0.2) is 6.54 Å². The topological polar surface area (TPSA) is 70.7 Å². The Labute approximate surface area is 180 Å². The molecule has 0 spiro atoms. The zero-order valence-electron chi connectivity index (χ0n) is 16.6. The highest BCUT2D eigenvalue weighted by atomic mass is 32.2. The maximum Gasteiger partial charge on any atom is 0.265 e. The quantitative estimate of drug-likeness (QED) is 0.445. The van der Waals surface area contributed by atoms with E-state index in [-0.39, 0.29) is 5.75 Å². The number of anilines is 1. The van der Waals surface area contributed by atoms with E-state index in [1.54, 1.807) is 11.3 Å². The lowest BCUT2D eigenvalue weighted by Crippen LogP contribution is -2.36. The predicted molar refractivity (Wildman–Crippen MR) is 121 cm³/mol. The van der Waals surface area contributed by atoms with Crippen molar-refractivity contribution < 1.29 is 22.3 Å². The van der Waals surface area contributed by atoms with Crippen LogP contribution in [0.15, 0.2) is 48.5 Å². The number of rotatable bonds is 7. The monoisotopic (exact) mass is 445 g/mol. The number of nitrogens with zero attached hydrogens (tertiary/aromatic N) is 2. The number of hydrogen-bond acceptors (Lipinski definition) is 5. The Morgan fingerprint density at radius 2 is 1.80 bits per heavy atom. The molecule has 0 unspecified atom stereocenters. The SMILES string of the molecule is O=S(=O)(O)CCC[n+]1c(C=Cc2ccc(N3CCOCC3)cc2)sc2ccccc21. The van der Waals surface area contributed by atoms with Crippen LogP contribution in [0.3, 0.4) is 0 Å². The summed E-state index contributed by atoms with van der Waals surface area (Å²) in [6, 6.07) is 16.6. The van der Waals surface area contributed by atoms with E-state index in [0.717, 1.165) is 47.1 Å². The second-order valence-electron chi connectivity index (χ2n) is 7.22. The first-order valence-corrected chi connectivity index (χ1v) is 12.4. The Kier molecular flexibility index (Phi) is 6.48. The lowest BCUT2D eigenvalue weighted by molar-refractivity contribution is -0.668. The summed E-state index contributed by atoms with van der Waals surface area (Å²) in [5.74, 6) is -0.240. The van der Waals surface area contributed by atoms with Gasteiger partial charge in [-0.3, -0.25) is 4.55 Å². The van der Waals surface area contributed by atoms with Gasteiger partial charge in [0, 0.05) is 37.3 Å². The van der Waals surface area contributed by atoms with Crippen LogP contribution in [0.25, 0.3) is 22.4 Å². The molecule has 1 N–H and O–H groups in total. The summed E-state index contributed by atoms with van der Waals surface area (Å²) >= 11 is 1.67. The zero-order valence-corrected chi connectivity index (χ0v) is 18.2. The molecule has 0 atom stereocenters. The van der Waals surface area contributed by atoms with E-state index in [0.29, 0.717) is 13.0 Å². The molecule has 6 nitrogen and oxygen atoms in total. The Morgan fingerprint density at radius 3 is 2.53 bits per heavy atom. The molecule has 1 fully saturated rings. The third kappa shape index (κ3) is 5.26. The van der Waals surface area contributed by atoms with E-state index in [1.807, 2.05) is 18.2 Å². The minimum Gasteiger partial charge on any atom is -0.378 e. The molecule has 158 valence electrons. The van der Waals surface area contributed by atoms with Gasteiger partial charge >= 0.3 is 0 Å². The summed E-state index contributed by atoms with van der Waals surface area (Å²) in [6.45, 7) is 3.90. The van der Waals surface area contributed by atoms with Crippen LogP contribution in [0, 0.1) is 0 Å². The number of aryl methyl sites for hydroxylation is 1. The molecular weight excluding hydrogens is 420 g/mol. The summed E-state index contributed by atoms with van der Waals surface area (Å²) < 4.78 is 39.9. The largest absolute Gasteiger partial charge is 0.378 e. The Bertz CT molecular complexity index is 1130. The van der Waals surface area contributed by atoms with E-state index in [1.165, 1.54) is 5.69 Å². The van der Waals surface area contributed by atoms with Crippen molar-refractivity contribution in [1.29, 1.82) is 0 Å². The van der Waals surface area contributed by atoms with Crippen molar-refractivity contribution >= 4 is 49.5 Å². The molecule has 1 saturated heterocycles. The molecule has 0 amide bonds. The van der Waals surface area contributed by atoms with Crippen molar-refractivity contribution in [2.75, 3.05) is 37.0 Å². The third-order valence-corrected chi connectivity index (χ3v) is 7.04. The highest BCUT2D eigenvalue weighted by molar-refractivity contribution is 7.85. The lowest BCUT2D eigenvalue weighted by Gasteiger charge is -2.28. The molecule has 0 bridgehead atoms. The lowest BCUT2D eigenvalue weighted by atomic mass is 10.1. The fraction of sp³-hybridized carbons (Fsp3) is 0.318. The summed E-state index contributed by atoms with van der Waals surface area (Å²) in [5.41, 5.74) is 3.38. The summed E-state index contributed by atoms with van der Waals surface area (Å²) in [6.07, 6.45) is 4.51. The Hall–Kier alpha value is -2.26. The van der Waals surface area contributed by atoms with Crippen molar-refractivity contribution in [3.05, 3.63) is 59.1 Å². The number of morpholine rings is 1. The third-order valence-electron chi connectivity index (χ3n) is 5.11. The van der Waals surface area contributed by atoms with Gasteiger partial charge in [0.25, 0.3) is 15.1 Å². The average molecular weight is 446 g/mol. The number of aromatic nitrogens is 1. The molecule has 3 aromatic rings. The van der Waals surface area contributed by atoms with Crippen molar-refractivity contribution in [1.82, 2.24) is 0 Å². The van der Waals surface area contributed by atoms with E-state index in [4.69, 9.17) is 9.29 Å². The van der Waals surface area contributed by atoms with Gasteiger partial charge in [-0.2, -0.15) is 13.0 Å². The van der Waals surface area contributed by atoms with Gasteiger partial charge in [0.05, 0.1) is 19.0 Å². The van der Waals surface area contributed by atoms with Gasteiger partial charge in [-0.1, -0.05) is 35.6 Å². The molecule has 2 heterocycles. The zero-order chi connectivity index (χ0) is 21.0. The summed E-state index contributed by atoms with van der Waals surface area (Å²) in [4.78, 5) is 2.33. The van der Waals surface area contributed by atoms with E-state index >= 15 is 0 Å². The van der Waals surface area contributed by atoms with Crippen LogP contribution in [-0.2, 0) is 21.4 Å². The van der Waals surface area contributed by atoms with Crippen LogP contribution in [0.4, 0.5) is 5.69 Å². The van der Waals surface area contributed by atoms with Crippen molar-refractivity contribution in [2.24, 2.45) is 0 Å². The van der Waals surface area contributed by atoms with Crippen LogP contribution in [0.2, 0.25) is 0 Å². The fourth-order valence-electron chi connectivity index (χ4n) is 3.60. The van der Waals surface area contributed by atoms with Gasteiger partial charge in [0.1, 0.15) is 4.70 Å². The molecule has 0 radical (unpaired) electrons. The first-order chi connectivity index (χ1) is 14.5. The molecule has 4 rings (SSSR count). The van der Waals surface area contributed by atoms with Gasteiger partial charge in [-0.15, -0.1) is 0 Å². The van der Waals surface area contributed by atoms with Crippen LogP contribution in [0.5, 0.6) is 0 Å².